The third-order valence-electron chi connectivity index (χ3n) is 6.17. The number of aromatic nitrogens is 3. The molecule has 1 unspecified atom stereocenters. The van der Waals surface area contributed by atoms with Gasteiger partial charge in [-0.15, -0.1) is 4.52 Å². The van der Waals surface area contributed by atoms with Gasteiger partial charge in [-0.2, -0.15) is 10.4 Å². The molecule has 1 aliphatic heterocycles. The molecule has 15 heteroatoms. The van der Waals surface area contributed by atoms with E-state index in [-0.39, 0.29) is 29.6 Å². The van der Waals surface area contributed by atoms with Gasteiger partial charge in [-0.25, -0.2) is 13.9 Å². The average Bonchev–Trinajstić information content (AvgIpc) is 3.33. The first-order valence-corrected chi connectivity index (χ1v) is 12.5. The predicted octanol–water partition coefficient (Wildman–Crippen LogP) is 0.922. The van der Waals surface area contributed by atoms with Gasteiger partial charge in [0.25, 0.3) is 0 Å². The summed E-state index contributed by atoms with van der Waals surface area (Å²) in [5.41, 5.74) is 2.99. The van der Waals surface area contributed by atoms with Crippen molar-refractivity contribution in [1.82, 2.24) is 19.7 Å². The molecule has 3 rings (SSSR count). The first kappa shape index (κ1) is 27.8. The lowest BCUT2D eigenvalue weighted by Gasteiger charge is -2.23. The maximum atomic E-state index is 14.5. The number of carbonyl (C=O) groups is 1. The molecule has 3 heterocycles. The molecule has 13 nitrogen and oxygen atoms in total. The minimum absolute atomic E-state index is 0.203. The van der Waals surface area contributed by atoms with E-state index in [0.717, 1.165) is 29.8 Å². The van der Waals surface area contributed by atoms with Crippen LogP contribution in [0.25, 0.3) is 5.52 Å². The topological polar surface area (TPSA) is 194 Å². The first-order chi connectivity index (χ1) is 17.1. The Kier molecular flexibility index (Phi) is 8.89. The van der Waals surface area contributed by atoms with Gasteiger partial charge in [0.2, 0.25) is 5.60 Å². The number of hydrogen-bond donors (Lipinski definition) is 4. The smallest absolute Gasteiger partial charge is 0.464 e. The Morgan fingerprint density at radius 1 is 1.47 bits per heavy atom. The molecule has 6 atom stereocenters. The highest BCUT2D eigenvalue weighted by Crippen LogP contribution is 2.41. The molecule has 36 heavy (non-hydrogen) atoms. The Morgan fingerprint density at radius 2 is 2.17 bits per heavy atom. The van der Waals surface area contributed by atoms with E-state index in [1.54, 1.807) is 6.07 Å². The Hall–Kier alpha value is -2.79. The van der Waals surface area contributed by atoms with Crippen molar-refractivity contribution in [2.45, 2.75) is 63.6 Å². The summed E-state index contributed by atoms with van der Waals surface area (Å²) in [6.07, 6.45) is -2.09. The summed E-state index contributed by atoms with van der Waals surface area (Å²) < 4.78 is 43.9. The molecule has 0 amide bonds. The van der Waals surface area contributed by atoms with Crippen molar-refractivity contribution in [2.75, 3.05) is 18.9 Å². The lowest BCUT2D eigenvalue weighted by molar-refractivity contribution is -0.146. The zero-order chi connectivity index (χ0) is 26.6. The average molecular weight is 527 g/mol. The fourth-order valence-corrected chi connectivity index (χ4v) is 4.62. The normalized spacial score (nSPS) is 25.2. The highest BCUT2D eigenvalue weighted by Gasteiger charge is 2.58. The van der Waals surface area contributed by atoms with E-state index in [4.69, 9.17) is 19.7 Å². The third kappa shape index (κ3) is 5.31. The first-order valence-electron chi connectivity index (χ1n) is 11.4. The van der Waals surface area contributed by atoms with Gasteiger partial charge in [0.05, 0.1) is 12.3 Å². The van der Waals surface area contributed by atoms with Crippen molar-refractivity contribution in [3.8, 4) is 6.07 Å². The van der Waals surface area contributed by atoms with Crippen molar-refractivity contribution in [3.63, 3.8) is 0 Å². The molecule has 2 aromatic heterocycles. The Balaban J connectivity index is 1.66. The lowest BCUT2D eigenvalue weighted by Crippen LogP contribution is -2.41. The largest absolute Gasteiger partial charge is 0.613 e. The van der Waals surface area contributed by atoms with E-state index in [9.17, 15) is 29.2 Å². The molecule has 0 aromatic carbocycles. The minimum atomic E-state index is -2.61. The Morgan fingerprint density at radius 3 is 2.81 bits per heavy atom. The molecule has 1 aliphatic rings. The number of nitrogens with one attached hydrogen (secondary N) is 1. The van der Waals surface area contributed by atoms with Gasteiger partial charge in [-0.3, -0.25) is 4.79 Å². The molecule has 0 aliphatic carbocycles. The molecular formula is C21H29FN6O7P+. The van der Waals surface area contributed by atoms with Gasteiger partial charge in [-0.05, 0) is 17.4 Å². The number of rotatable bonds is 11. The van der Waals surface area contributed by atoms with Gasteiger partial charge in [0, 0.05) is 6.07 Å². The van der Waals surface area contributed by atoms with Crippen LogP contribution in [0.4, 0.5) is 10.2 Å². The van der Waals surface area contributed by atoms with Gasteiger partial charge >= 0.3 is 14.1 Å². The zero-order valence-electron chi connectivity index (χ0n) is 20.0. The van der Waals surface area contributed by atoms with E-state index in [2.05, 4.69) is 15.2 Å². The fourth-order valence-electron chi connectivity index (χ4n) is 3.84. The highest BCUT2D eigenvalue weighted by atomic mass is 31.1. The fraction of sp³-hybridized carbons (Fsp3) is 0.619. The van der Waals surface area contributed by atoms with Crippen molar-refractivity contribution in [1.29, 1.82) is 5.26 Å². The Bertz CT molecular complexity index is 1160. The highest BCUT2D eigenvalue weighted by molar-refractivity contribution is 7.36. The second-order valence-electron chi connectivity index (χ2n) is 8.44. The monoisotopic (exact) mass is 527 g/mol. The van der Waals surface area contributed by atoms with Crippen LogP contribution in [0.3, 0.4) is 0 Å². The quantitative estimate of drug-likeness (QED) is 0.239. The number of anilines is 1. The van der Waals surface area contributed by atoms with E-state index in [1.165, 1.54) is 6.92 Å². The SMILES string of the molecule is CCC(CC)COC(=O)[C@H](C)N[P+](=O)OC[C@H]1O[C@@](C#N)(c2cc(F)c3c(N)ncnn23)[C@H](O)[C@@H]1O. The molecule has 1 saturated heterocycles. The number of nitrogen functional groups attached to an aromatic ring is 1. The number of ether oxygens (including phenoxy) is 2. The number of nitrogens with two attached hydrogens (primary N) is 1. The van der Waals surface area contributed by atoms with E-state index in [1.807, 2.05) is 13.8 Å². The standard InChI is InChI=1S/C21H29FN6O7P/c1-4-12(5-2)7-33-20(31)11(3)27-36(32)34-8-14-17(29)18(30)21(9-23,35-14)15-6-13(22)16-19(24)25-10-26-28(15)16/h6,10-12,14,17-18,29-30H,4-5,7-8H2,1-3H3,(H,27,32)(H2,24,25,26)/q+1/t11-,14+,17+,18+,21-/m0/s1. The van der Waals surface area contributed by atoms with Gasteiger partial charge in [-0.1, -0.05) is 31.8 Å². The molecule has 5 N–H and O–H groups in total. The number of nitrogens with zero attached hydrogens (tertiary/aromatic N) is 4. The van der Waals surface area contributed by atoms with E-state index >= 15 is 0 Å². The third-order valence-corrected chi connectivity index (χ3v) is 7.15. The van der Waals surface area contributed by atoms with Crippen LogP contribution in [0.15, 0.2) is 12.4 Å². The summed E-state index contributed by atoms with van der Waals surface area (Å²) in [5, 5.41) is 37.4. The van der Waals surface area contributed by atoms with E-state index < -0.39 is 56.5 Å². The van der Waals surface area contributed by atoms with Gasteiger partial charge in [0.15, 0.2) is 11.6 Å². The van der Waals surface area contributed by atoms with Crippen LogP contribution < -0.4 is 10.8 Å². The van der Waals surface area contributed by atoms with Crippen LogP contribution in [0, 0.1) is 23.1 Å². The minimum Gasteiger partial charge on any atom is -0.464 e. The van der Waals surface area contributed by atoms with Crippen LogP contribution in [0.1, 0.15) is 39.3 Å². The summed E-state index contributed by atoms with van der Waals surface area (Å²) in [6, 6.07) is 1.73. The second kappa shape index (κ2) is 11.5. The number of nitriles is 1. The van der Waals surface area contributed by atoms with Crippen LogP contribution in [-0.2, 0) is 29.0 Å². The van der Waals surface area contributed by atoms with Crippen LogP contribution in [0.2, 0.25) is 0 Å². The van der Waals surface area contributed by atoms with Crippen molar-refractivity contribution in [3.05, 3.63) is 23.9 Å². The van der Waals surface area contributed by atoms with Crippen molar-refractivity contribution < 1.29 is 38.0 Å². The van der Waals surface area contributed by atoms with Crippen molar-refractivity contribution in [2.24, 2.45) is 5.92 Å². The van der Waals surface area contributed by atoms with Crippen molar-refractivity contribution >= 4 is 25.5 Å². The number of aliphatic hydroxyl groups is 2. The number of hydrogen-bond acceptors (Lipinski definition) is 11. The molecule has 1 fully saturated rings. The summed E-state index contributed by atoms with van der Waals surface area (Å²) in [4.78, 5) is 15.8. The summed E-state index contributed by atoms with van der Waals surface area (Å²) in [7, 11) is -2.61. The Labute approximate surface area is 207 Å². The molecule has 0 saturated carbocycles. The molecule has 0 bridgehead atoms. The number of fused-ring (bicyclic) bond motifs is 1. The van der Waals surface area contributed by atoms with Crippen LogP contribution >= 0.6 is 8.18 Å². The maximum absolute atomic E-state index is 14.5. The lowest BCUT2D eigenvalue weighted by atomic mass is 9.92. The second-order valence-corrected chi connectivity index (χ2v) is 9.47. The number of esters is 1. The molecule has 0 spiro atoms. The molecule has 196 valence electrons. The number of aliphatic hydroxyl groups excluding tert-OH is 2. The zero-order valence-corrected chi connectivity index (χ0v) is 20.9. The summed E-state index contributed by atoms with van der Waals surface area (Å²) >= 11 is 0. The number of carbonyl (C=O) groups excluding carboxylic acids is 1. The maximum Gasteiger partial charge on any atom is 0.613 e. The van der Waals surface area contributed by atoms with Gasteiger partial charge in [0.1, 0.15) is 48.9 Å². The summed E-state index contributed by atoms with van der Waals surface area (Å²) in [5.74, 6) is -1.44. The predicted molar refractivity (Wildman–Crippen MR) is 123 cm³/mol. The van der Waals surface area contributed by atoms with Crippen LogP contribution in [-0.4, -0.2) is 68.3 Å². The molecular weight excluding hydrogens is 498 g/mol. The van der Waals surface area contributed by atoms with Gasteiger partial charge < -0.3 is 25.4 Å². The van der Waals surface area contributed by atoms with Crippen LogP contribution in [0.5, 0.6) is 0 Å². The summed E-state index contributed by atoms with van der Waals surface area (Å²) in [6.45, 7) is 5.16. The molecule has 2 aromatic rings. The molecule has 0 radical (unpaired) electrons. The van der Waals surface area contributed by atoms with E-state index in [0.29, 0.717) is 0 Å². The number of halogens is 1.